The fourth-order valence-corrected chi connectivity index (χ4v) is 4.26. The van der Waals surface area contributed by atoms with Crippen LogP contribution in [-0.2, 0) is 17.4 Å². The fourth-order valence-electron chi connectivity index (χ4n) is 3.43. The summed E-state index contributed by atoms with van der Waals surface area (Å²) in [5.41, 5.74) is 2.99. The van der Waals surface area contributed by atoms with Crippen molar-refractivity contribution < 1.29 is 18.4 Å². The maximum Gasteiger partial charge on any atom is 0.241 e. The summed E-state index contributed by atoms with van der Waals surface area (Å²) in [4.78, 5) is 8.87. The van der Waals surface area contributed by atoms with Gasteiger partial charge in [-0.1, -0.05) is 18.2 Å². The Morgan fingerprint density at radius 1 is 0.943 bits per heavy atom. The van der Waals surface area contributed by atoms with Crippen LogP contribution in [0.1, 0.15) is 11.3 Å². The van der Waals surface area contributed by atoms with Gasteiger partial charge in [-0.25, -0.2) is 9.19 Å². The van der Waals surface area contributed by atoms with Crippen LogP contribution in [0.25, 0.3) is 17.2 Å². The predicted molar refractivity (Wildman–Crippen MR) is 134 cm³/mol. The molecule has 0 aliphatic heterocycles. The van der Waals surface area contributed by atoms with Crippen LogP contribution in [0.2, 0.25) is 0 Å². The SMILES string of the molecule is COc1cccc(-c2nnc(NS(=O)CCc3ccc(C)cn3)n2-c2c(OC)cccc2OC)n1. The van der Waals surface area contributed by atoms with Gasteiger partial charge in [0.2, 0.25) is 11.8 Å². The first-order valence-electron chi connectivity index (χ1n) is 10.8. The number of aromatic nitrogens is 5. The molecule has 0 aliphatic carbocycles. The maximum atomic E-state index is 13.0. The lowest BCUT2D eigenvalue weighted by atomic mass is 10.2. The first kappa shape index (κ1) is 24.1. The Morgan fingerprint density at radius 3 is 2.34 bits per heavy atom. The van der Waals surface area contributed by atoms with E-state index in [1.807, 2.05) is 25.1 Å². The van der Waals surface area contributed by atoms with E-state index in [-0.39, 0.29) is 5.95 Å². The van der Waals surface area contributed by atoms with E-state index in [1.165, 1.54) is 0 Å². The van der Waals surface area contributed by atoms with Crippen LogP contribution >= 0.6 is 0 Å². The standard InChI is InChI=1S/C24H26N6O4S/c1-16-11-12-17(25-15-16)13-14-35(31)29-24-28-27-23(18-7-5-10-21(26-18)34-4)30(24)22-19(32-2)8-6-9-20(22)33-3/h5-12,15H,13-14H2,1-4H3,(H,28,29). The van der Waals surface area contributed by atoms with E-state index in [4.69, 9.17) is 14.2 Å². The van der Waals surface area contributed by atoms with E-state index in [9.17, 15) is 4.21 Å². The molecule has 1 aromatic carbocycles. The van der Waals surface area contributed by atoms with E-state index >= 15 is 0 Å². The van der Waals surface area contributed by atoms with E-state index in [1.54, 1.807) is 62.4 Å². The smallest absolute Gasteiger partial charge is 0.241 e. The van der Waals surface area contributed by atoms with Crippen molar-refractivity contribution in [3.05, 3.63) is 66.0 Å². The number of aryl methyl sites for hydroxylation is 2. The molecule has 3 heterocycles. The molecule has 3 aromatic heterocycles. The van der Waals surface area contributed by atoms with E-state index in [0.717, 1.165) is 11.3 Å². The van der Waals surface area contributed by atoms with Crippen molar-refractivity contribution in [3.63, 3.8) is 0 Å². The Kier molecular flexibility index (Phi) is 7.56. The average molecular weight is 495 g/mol. The van der Waals surface area contributed by atoms with Gasteiger partial charge in [-0.15, -0.1) is 10.2 Å². The number of benzene rings is 1. The zero-order valence-corrected chi connectivity index (χ0v) is 20.7. The van der Waals surface area contributed by atoms with Gasteiger partial charge in [-0.2, -0.15) is 0 Å². The topological polar surface area (TPSA) is 113 Å². The molecule has 0 radical (unpaired) electrons. The Balaban J connectivity index is 1.73. The van der Waals surface area contributed by atoms with Crippen LogP contribution in [-0.4, -0.2) is 56.0 Å². The summed E-state index contributed by atoms with van der Waals surface area (Å²) in [6.07, 6.45) is 2.33. The van der Waals surface area contributed by atoms with Gasteiger partial charge >= 0.3 is 0 Å². The van der Waals surface area contributed by atoms with Crippen molar-refractivity contribution in [2.75, 3.05) is 31.8 Å². The van der Waals surface area contributed by atoms with Gasteiger partial charge in [-0.3, -0.25) is 14.3 Å². The Bertz CT molecular complexity index is 1300. The second kappa shape index (κ2) is 11.0. The molecule has 4 rings (SSSR count). The Morgan fingerprint density at radius 2 is 1.69 bits per heavy atom. The molecule has 0 fully saturated rings. The molecule has 1 atom stereocenters. The number of para-hydroxylation sites is 1. The molecule has 10 nitrogen and oxygen atoms in total. The van der Waals surface area contributed by atoms with Crippen molar-refractivity contribution in [3.8, 4) is 34.6 Å². The second-order valence-corrected chi connectivity index (χ2v) is 8.79. The lowest BCUT2D eigenvalue weighted by molar-refractivity contribution is 0.391. The molecule has 1 unspecified atom stereocenters. The summed E-state index contributed by atoms with van der Waals surface area (Å²) in [6, 6.07) is 14.6. The zero-order chi connectivity index (χ0) is 24.8. The van der Waals surface area contributed by atoms with Crippen molar-refractivity contribution >= 4 is 16.9 Å². The molecule has 0 spiro atoms. The van der Waals surface area contributed by atoms with Gasteiger partial charge in [0, 0.05) is 30.1 Å². The van der Waals surface area contributed by atoms with Crippen LogP contribution in [0, 0.1) is 6.92 Å². The minimum atomic E-state index is -1.47. The highest BCUT2D eigenvalue weighted by Gasteiger charge is 2.24. The lowest BCUT2D eigenvalue weighted by Gasteiger charge is -2.17. The van der Waals surface area contributed by atoms with Crippen LogP contribution in [0.15, 0.2) is 54.7 Å². The molecule has 182 valence electrons. The number of hydrogen-bond acceptors (Lipinski definition) is 8. The summed E-state index contributed by atoms with van der Waals surface area (Å²) in [6.45, 7) is 1.98. The molecule has 0 saturated heterocycles. The molecular formula is C24H26N6O4S. The number of anilines is 1. The van der Waals surface area contributed by atoms with Crippen LogP contribution in [0.4, 0.5) is 5.95 Å². The molecule has 11 heteroatoms. The van der Waals surface area contributed by atoms with Gasteiger partial charge in [0.15, 0.2) is 5.82 Å². The number of ether oxygens (including phenoxy) is 3. The summed E-state index contributed by atoms with van der Waals surface area (Å²) < 4.78 is 34.1. The van der Waals surface area contributed by atoms with E-state index < -0.39 is 11.0 Å². The summed E-state index contributed by atoms with van der Waals surface area (Å²) >= 11 is 0. The van der Waals surface area contributed by atoms with E-state index in [0.29, 0.717) is 46.8 Å². The van der Waals surface area contributed by atoms with Crippen LogP contribution in [0.3, 0.4) is 0 Å². The van der Waals surface area contributed by atoms with Gasteiger partial charge < -0.3 is 14.2 Å². The highest BCUT2D eigenvalue weighted by molar-refractivity contribution is 7.86. The average Bonchev–Trinajstić information content (AvgIpc) is 3.30. The quantitative estimate of drug-likeness (QED) is 0.357. The number of methoxy groups -OCH3 is 3. The minimum absolute atomic E-state index is 0.252. The largest absolute Gasteiger partial charge is 0.494 e. The summed E-state index contributed by atoms with van der Waals surface area (Å²) in [5, 5.41) is 8.63. The third-order valence-electron chi connectivity index (χ3n) is 5.17. The van der Waals surface area contributed by atoms with Gasteiger partial charge in [0.05, 0.1) is 21.3 Å². The van der Waals surface area contributed by atoms with E-state index in [2.05, 4.69) is 24.9 Å². The molecule has 4 aromatic rings. The molecule has 0 saturated carbocycles. The Labute approximate surface area is 205 Å². The normalized spacial score (nSPS) is 11.7. The van der Waals surface area contributed by atoms with Crippen molar-refractivity contribution in [2.24, 2.45) is 0 Å². The number of hydrogen-bond donors (Lipinski definition) is 1. The molecule has 0 aliphatic rings. The second-order valence-electron chi connectivity index (χ2n) is 7.49. The first-order chi connectivity index (χ1) is 17.0. The third kappa shape index (κ3) is 5.40. The molecule has 35 heavy (non-hydrogen) atoms. The van der Waals surface area contributed by atoms with Gasteiger partial charge in [-0.05, 0) is 36.8 Å². The molecule has 0 bridgehead atoms. The van der Waals surface area contributed by atoms with Crippen LogP contribution in [0.5, 0.6) is 17.4 Å². The summed E-state index contributed by atoms with van der Waals surface area (Å²) in [5.74, 6) is 2.44. The van der Waals surface area contributed by atoms with Crippen molar-refractivity contribution in [2.45, 2.75) is 13.3 Å². The monoisotopic (exact) mass is 494 g/mol. The highest BCUT2D eigenvalue weighted by Crippen LogP contribution is 2.37. The number of pyridine rings is 2. The molecule has 0 amide bonds. The highest BCUT2D eigenvalue weighted by atomic mass is 32.2. The number of nitrogens with one attached hydrogen (secondary N) is 1. The molecule has 1 N–H and O–H groups in total. The zero-order valence-electron chi connectivity index (χ0n) is 19.9. The maximum absolute atomic E-state index is 13.0. The Hall–Kier alpha value is -3.99. The number of rotatable bonds is 10. The van der Waals surface area contributed by atoms with Crippen molar-refractivity contribution in [1.29, 1.82) is 0 Å². The number of nitrogens with zero attached hydrogens (tertiary/aromatic N) is 5. The fraction of sp³-hybridized carbons (Fsp3) is 0.250. The molecular weight excluding hydrogens is 468 g/mol. The lowest BCUT2D eigenvalue weighted by Crippen LogP contribution is -2.15. The summed E-state index contributed by atoms with van der Waals surface area (Å²) in [7, 11) is 3.20. The van der Waals surface area contributed by atoms with Crippen LogP contribution < -0.4 is 18.9 Å². The van der Waals surface area contributed by atoms with Gasteiger partial charge in [0.25, 0.3) is 0 Å². The minimum Gasteiger partial charge on any atom is -0.494 e. The first-order valence-corrected chi connectivity index (χ1v) is 12.1. The van der Waals surface area contributed by atoms with Gasteiger partial charge in [0.1, 0.15) is 33.9 Å². The van der Waals surface area contributed by atoms with Crippen molar-refractivity contribution in [1.82, 2.24) is 24.7 Å². The third-order valence-corrected chi connectivity index (χ3v) is 6.16. The predicted octanol–water partition coefficient (Wildman–Crippen LogP) is 3.38.